The highest BCUT2D eigenvalue weighted by atomic mass is 16.4. The molecule has 2 aromatic carbocycles. The Balaban J connectivity index is 2.22. The van der Waals surface area contributed by atoms with Crippen LogP contribution in [0, 0.1) is 6.92 Å². The minimum absolute atomic E-state index is 0.270. The standard InChI is InChI=1S/C17H13NO2/c1-11-6-7-12-8-9-15(18-16(12)10-11)13-4-2-3-5-14(13)17(19)20/h2-10H,1H3,(H,19,20). The van der Waals surface area contributed by atoms with E-state index in [0.717, 1.165) is 16.5 Å². The predicted octanol–water partition coefficient (Wildman–Crippen LogP) is 3.91. The highest BCUT2D eigenvalue weighted by molar-refractivity contribution is 5.96. The molecule has 98 valence electrons. The lowest BCUT2D eigenvalue weighted by atomic mass is 10.0. The molecule has 1 aromatic heterocycles. The van der Waals surface area contributed by atoms with Crippen LogP contribution in [0.5, 0.6) is 0 Å². The number of rotatable bonds is 2. The second-order valence-corrected chi connectivity index (χ2v) is 4.74. The van der Waals surface area contributed by atoms with Gasteiger partial charge in [-0.15, -0.1) is 0 Å². The van der Waals surface area contributed by atoms with E-state index in [2.05, 4.69) is 4.98 Å². The number of pyridine rings is 1. The van der Waals surface area contributed by atoms with E-state index in [-0.39, 0.29) is 5.56 Å². The molecule has 3 heteroatoms. The molecule has 1 N–H and O–H groups in total. The Morgan fingerprint density at radius 1 is 1.05 bits per heavy atom. The monoisotopic (exact) mass is 263 g/mol. The summed E-state index contributed by atoms with van der Waals surface area (Å²) in [4.78, 5) is 15.9. The Morgan fingerprint density at radius 2 is 1.80 bits per heavy atom. The molecule has 0 saturated carbocycles. The van der Waals surface area contributed by atoms with E-state index in [1.54, 1.807) is 18.2 Å². The molecule has 3 aromatic rings. The van der Waals surface area contributed by atoms with E-state index >= 15 is 0 Å². The maximum absolute atomic E-state index is 11.3. The lowest BCUT2D eigenvalue weighted by Crippen LogP contribution is -2.00. The predicted molar refractivity (Wildman–Crippen MR) is 78.9 cm³/mol. The smallest absolute Gasteiger partial charge is 0.336 e. The molecule has 0 bridgehead atoms. The van der Waals surface area contributed by atoms with Crippen LogP contribution < -0.4 is 0 Å². The van der Waals surface area contributed by atoms with Crippen LogP contribution >= 0.6 is 0 Å². The normalized spacial score (nSPS) is 10.7. The van der Waals surface area contributed by atoms with Gasteiger partial charge in [0.1, 0.15) is 0 Å². The van der Waals surface area contributed by atoms with Crippen molar-refractivity contribution in [3.05, 3.63) is 65.7 Å². The van der Waals surface area contributed by atoms with Crippen molar-refractivity contribution in [1.29, 1.82) is 0 Å². The summed E-state index contributed by atoms with van der Waals surface area (Å²) in [5.41, 5.74) is 3.60. The van der Waals surface area contributed by atoms with Crippen LogP contribution in [0.25, 0.3) is 22.2 Å². The molecule has 3 rings (SSSR count). The quantitative estimate of drug-likeness (QED) is 0.762. The number of aromatic carboxylic acids is 1. The first-order chi connectivity index (χ1) is 9.65. The number of aryl methyl sites for hydroxylation is 1. The van der Waals surface area contributed by atoms with Gasteiger partial charge in [-0.05, 0) is 30.7 Å². The van der Waals surface area contributed by atoms with Crippen molar-refractivity contribution >= 4 is 16.9 Å². The molecule has 0 aliphatic heterocycles. The molecule has 0 aliphatic rings. The highest BCUT2D eigenvalue weighted by Gasteiger charge is 2.12. The van der Waals surface area contributed by atoms with E-state index in [1.807, 2.05) is 43.3 Å². The third-order valence-electron chi connectivity index (χ3n) is 3.28. The first-order valence-electron chi connectivity index (χ1n) is 6.35. The van der Waals surface area contributed by atoms with Crippen molar-refractivity contribution in [3.8, 4) is 11.3 Å². The van der Waals surface area contributed by atoms with E-state index < -0.39 is 5.97 Å². The van der Waals surface area contributed by atoms with E-state index in [9.17, 15) is 9.90 Å². The third-order valence-corrected chi connectivity index (χ3v) is 3.28. The molecule has 0 spiro atoms. The number of aromatic nitrogens is 1. The SMILES string of the molecule is Cc1ccc2ccc(-c3ccccc3C(=O)O)nc2c1. The van der Waals surface area contributed by atoms with E-state index in [0.29, 0.717) is 11.3 Å². The first kappa shape index (κ1) is 12.4. The van der Waals surface area contributed by atoms with Gasteiger partial charge in [0, 0.05) is 10.9 Å². The molecule has 0 fully saturated rings. The Bertz CT molecular complexity index is 809. The second kappa shape index (κ2) is 4.78. The summed E-state index contributed by atoms with van der Waals surface area (Å²) >= 11 is 0. The number of carboxylic acids is 1. The Hall–Kier alpha value is -2.68. The number of hydrogen-bond acceptors (Lipinski definition) is 2. The summed E-state index contributed by atoms with van der Waals surface area (Å²) in [7, 11) is 0. The highest BCUT2D eigenvalue weighted by Crippen LogP contribution is 2.24. The number of benzene rings is 2. The van der Waals surface area contributed by atoms with Crippen molar-refractivity contribution < 1.29 is 9.90 Å². The Labute approximate surface area is 116 Å². The van der Waals surface area contributed by atoms with Gasteiger partial charge in [-0.1, -0.05) is 36.4 Å². The molecule has 0 unspecified atom stereocenters. The largest absolute Gasteiger partial charge is 0.478 e. The van der Waals surface area contributed by atoms with Crippen LogP contribution in [0.4, 0.5) is 0 Å². The summed E-state index contributed by atoms with van der Waals surface area (Å²) in [6.45, 7) is 2.01. The fourth-order valence-electron chi connectivity index (χ4n) is 2.27. The molecule has 1 heterocycles. The summed E-state index contributed by atoms with van der Waals surface area (Å²) < 4.78 is 0. The van der Waals surface area contributed by atoms with Gasteiger partial charge in [0.05, 0.1) is 16.8 Å². The van der Waals surface area contributed by atoms with Gasteiger partial charge in [-0.3, -0.25) is 0 Å². The topological polar surface area (TPSA) is 50.2 Å². The molecule has 0 atom stereocenters. The van der Waals surface area contributed by atoms with Crippen LogP contribution in [0.1, 0.15) is 15.9 Å². The molecular formula is C17H13NO2. The summed E-state index contributed by atoms with van der Waals surface area (Å²) in [6, 6.07) is 16.8. The number of fused-ring (bicyclic) bond motifs is 1. The minimum Gasteiger partial charge on any atom is -0.478 e. The number of nitrogens with zero attached hydrogens (tertiary/aromatic N) is 1. The Kier molecular flexibility index (Phi) is 2.95. The van der Waals surface area contributed by atoms with Crippen LogP contribution in [-0.2, 0) is 0 Å². The number of carboxylic acid groups (broad SMARTS) is 1. The maximum Gasteiger partial charge on any atom is 0.336 e. The molecule has 0 saturated heterocycles. The summed E-state index contributed by atoms with van der Waals surface area (Å²) in [5.74, 6) is -0.938. The lowest BCUT2D eigenvalue weighted by molar-refractivity contribution is 0.0697. The summed E-state index contributed by atoms with van der Waals surface area (Å²) in [6.07, 6.45) is 0. The van der Waals surface area contributed by atoms with Gasteiger partial charge in [-0.2, -0.15) is 0 Å². The van der Waals surface area contributed by atoms with Gasteiger partial charge in [0.15, 0.2) is 0 Å². The first-order valence-corrected chi connectivity index (χ1v) is 6.35. The lowest BCUT2D eigenvalue weighted by Gasteiger charge is -2.07. The van der Waals surface area contributed by atoms with Gasteiger partial charge in [0.25, 0.3) is 0 Å². The van der Waals surface area contributed by atoms with Crippen molar-refractivity contribution in [2.75, 3.05) is 0 Å². The second-order valence-electron chi connectivity index (χ2n) is 4.74. The fraction of sp³-hybridized carbons (Fsp3) is 0.0588. The van der Waals surface area contributed by atoms with Gasteiger partial charge >= 0.3 is 5.97 Å². The van der Waals surface area contributed by atoms with Crippen molar-refractivity contribution in [1.82, 2.24) is 4.98 Å². The van der Waals surface area contributed by atoms with Crippen molar-refractivity contribution in [2.45, 2.75) is 6.92 Å². The molecule has 20 heavy (non-hydrogen) atoms. The molecule has 3 nitrogen and oxygen atoms in total. The average molecular weight is 263 g/mol. The zero-order chi connectivity index (χ0) is 14.1. The van der Waals surface area contributed by atoms with Crippen LogP contribution in [-0.4, -0.2) is 16.1 Å². The van der Waals surface area contributed by atoms with Crippen molar-refractivity contribution in [2.24, 2.45) is 0 Å². The van der Waals surface area contributed by atoms with Crippen molar-refractivity contribution in [3.63, 3.8) is 0 Å². The van der Waals surface area contributed by atoms with Crippen LogP contribution in [0.2, 0.25) is 0 Å². The summed E-state index contributed by atoms with van der Waals surface area (Å²) in [5, 5.41) is 10.3. The van der Waals surface area contributed by atoms with E-state index in [4.69, 9.17) is 0 Å². The third kappa shape index (κ3) is 2.14. The van der Waals surface area contributed by atoms with Crippen LogP contribution in [0.15, 0.2) is 54.6 Å². The van der Waals surface area contributed by atoms with Gasteiger partial charge in [0.2, 0.25) is 0 Å². The van der Waals surface area contributed by atoms with Gasteiger partial charge in [-0.25, -0.2) is 9.78 Å². The Morgan fingerprint density at radius 3 is 2.60 bits per heavy atom. The van der Waals surface area contributed by atoms with Crippen LogP contribution in [0.3, 0.4) is 0 Å². The molecule has 0 aliphatic carbocycles. The molecule has 0 amide bonds. The minimum atomic E-state index is -0.938. The molecular weight excluding hydrogens is 250 g/mol. The van der Waals surface area contributed by atoms with E-state index in [1.165, 1.54) is 0 Å². The average Bonchev–Trinajstić information content (AvgIpc) is 2.46. The molecule has 0 radical (unpaired) electrons. The number of carbonyl (C=O) groups is 1. The fourth-order valence-corrected chi connectivity index (χ4v) is 2.27. The number of hydrogen-bond donors (Lipinski definition) is 1. The van der Waals surface area contributed by atoms with Gasteiger partial charge < -0.3 is 5.11 Å². The maximum atomic E-state index is 11.3. The zero-order valence-electron chi connectivity index (χ0n) is 11.0. The zero-order valence-corrected chi connectivity index (χ0v) is 11.0.